The number of carbonyl (C=O) groups is 1. The molecule has 1 aliphatic heterocycles. The van der Waals surface area contributed by atoms with Crippen LogP contribution >= 0.6 is 11.3 Å². The number of likely N-dealkylation sites (tertiary alicyclic amines) is 1. The maximum Gasteiger partial charge on any atom is 0.309 e. The van der Waals surface area contributed by atoms with Gasteiger partial charge in [0.25, 0.3) is 0 Å². The molecule has 0 amide bonds. The van der Waals surface area contributed by atoms with E-state index in [4.69, 9.17) is 5.11 Å². The van der Waals surface area contributed by atoms with Gasteiger partial charge in [0, 0.05) is 23.5 Å². The first-order valence-corrected chi connectivity index (χ1v) is 7.71. The third kappa shape index (κ3) is 3.54. The van der Waals surface area contributed by atoms with Gasteiger partial charge in [-0.3, -0.25) is 9.69 Å². The molecule has 4 nitrogen and oxygen atoms in total. The lowest BCUT2D eigenvalue weighted by Gasteiger charge is -2.38. The minimum atomic E-state index is -0.800. The van der Waals surface area contributed by atoms with Gasteiger partial charge in [-0.05, 0) is 33.6 Å². The van der Waals surface area contributed by atoms with E-state index in [1.165, 1.54) is 19.3 Å². The maximum atomic E-state index is 10.9. The molecule has 0 aromatic carbocycles. The van der Waals surface area contributed by atoms with Crippen molar-refractivity contribution in [3.63, 3.8) is 0 Å². The summed E-state index contributed by atoms with van der Waals surface area (Å²) in [7, 11) is 0. The number of carboxylic acid groups (broad SMARTS) is 1. The highest BCUT2D eigenvalue weighted by Crippen LogP contribution is 2.28. The molecule has 5 heteroatoms. The van der Waals surface area contributed by atoms with Crippen LogP contribution in [0.1, 0.15) is 48.7 Å². The lowest BCUT2D eigenvalue weighted by atomic mass is 9.97. The van der Waals surface area contributed by atoms with Gasteiger partial charge < -0.3 is 5.11 Å². The number of thiazole rings is 1. The molecular formula is C14H22N2O2S. The predicted molar refractivity (Wildman–Crippen MR) is 76.5 cm³/mol. The van der Waals surface area contributed by atoms with Gasteiger partial charge in [0.05, 0.1) is 17.1 Å². The van der Waals surface area contributed by atoms with E-state index in [0.717, 1.165) is 22.1 Å². The van der Waals surface area contributed by atoms with Gasteiger partial charge in [-0.1, -0.05) is 6.42 Å². The number of hydrogen-bond acceptors (Lipinski definition) is 4. The Morgan fingerprint density at radius 3 is 2.63 bits per heavy atom. The highest BCUT2D eigenvalue weighted by molar-refractivity contribution is 7.11. The topological polar surface area (TPSA) is 53.4 Å². The van der Waals surface area contributed by atoms with E-state index in [-0.39, 0.29) is 6.42 Å². The van der Waals surface area contributed by atoms with Crippen molar-refractivity contribution in [1.29, 1.82) is 0 Å². The van der Waals surface area contributed by atoms with Crippen LogP contribution in [0.15, 0.2) is 0 Å². The van der Waals surface area contributed by atoms with Crippen molar-refractivity contribution in [2.45, 2.75) is 65.1 Å². The van der Waals surface area contributed by atoms with Crippen LogP contribution in [0, 0.1) is 6.92 Å². The Morgan fingerprint density at radius 1 is 1.42 bits per heavy atom. The SMILES string of the molecule is Cc1nc(CC(=O)O)c(CN2C(C)CCCC2C)s1. The highest BCUT2D eigenvalue weighted by atomic mass is 32.1. The van der Waals surface area contributed by atoms with E-state index < -0.39 is 5.97 Å². The highest BCUT2D eigenvalue weighted by Gasteiger charge is 2.26. The van der Waals surface area contributed by atoms with Crippen molar-refractivity contribution < 1.29 is 9.90 Å². The van der Waals surface area contributed by atoms with Gasteiger partial charge in [-0.25, -0.2) is 4.98 Å². The maximum absolute atomic E-state index is 10.9. The second kappa shape index (κ2) is 6.01. The zero-order valence-electron chi connectivity index (χ0n) is 11.8. The van der Waals surface area contributed by atoms with Gasteiger partial charge in [-0.2, -0.15) is 0 Å². The van der Waals surface area contributed by atoms with Crippen molar-refractivity contribution in [1.82, 2.24) is 9.88 Å². The summed E-state index contributed by atoms with van der Waals surface area (Å²) in [4.78, 5) is 18.9. The quantitative estimate of drug-likeness (QED) is 0.922. The molecule has 2 heterocycles. The number of aryl methyl sites for hydroxylation is 1. The summed E-state index contributed by atoms with van der Waals surface area (Å²) in [6.45, 7) is 7.32. The average Bonchev–Trinajstić information content (AvgIpc) is 2.63. The normalized spacial score (nSPS) is 24.6. The number of piperidine rings is 1. The summed E-state index contributed by atoms with van der Waals surface area (Å²) >= 11 is 1.64. The van der Waals surface area contributed by atoms with Crippen molar-refractivity contribution in [3.05, 3.63) is 15.6 Å². The standard InChI is InChI=1S/C14H22N2O2S/c1-9-5-4-6-10(2)16(9)8-13-12(7-14(17)18)15-11(3)19-13/h9-10H,4-8H2,1-3H3,(H,17,18). The molecule has 0 spiro atoms. The Hall–Kier alpha value is -0.940. The number of aliphatic carboxylic acids is 1. The van der Waals surface area contributed by atoms with E-state index >= 15 is 0 Å². The average molecular weight is 282 g/mol. The molecule has 106 valence electrons. The first kappa shape index (κ1) is 14.5. The third-order valence-corrected chi connectivity index (χ3v) is 4.90. The first-order valence-electron chi connectivity index (χ1n) is 6.90. The number of aromatic nitrogens is 1. The molecule has 2 atom stereocenters. The molecule has 2 unspecified atom stereocenters. The Balaban J connectivity index is 2.15. The summed E-state index contributed by atoms with van der Waals surface area (Å²) < 4.78 is 0. The smallest absolute Gasteiger partial charge is 0.309 e. The second-order valence-corrected chi connectivity index (χ2v) is 6.76. The molecule has 1 aromatic rings. The van der Waals surface area contributed by atoms with E-state index in [1.807, 2.05) is 6.92 Å². The number of nitrogens with zero attached hydrogens (tertiary/aromatic N) is 2. The van der Waals surface area contributed by atoms with Crippen LogP contribution in [-0.2, 0) is 17.8 Å². The van der Waals surface area contributed by atoms with Crippen molar-refractivity contribution in [2.24, 2.45) is 0 Å². The molecule has 1 aromatic heterocycles. The molecule has 1 fully saturated rings. The molecular weight excluding hydrogens is 260 g/mol. The van der Waals surface area contributed by atoms with Gasteiger partial charge in [0.1, 0.15) is 0 Å². The fourth-order valence-electron chi connectivity index (χ4n) is 2.87. The minimum absolute atomic E-state index is 0.0380. The van der Waals surface area contributed by atoms with Crippen molar-refractivity contribution in [2.75, 3.05) is 0 Å². The largest absolute Gasteiger partial charge is 0.481 e. The molecule has 0 bridgehead atoms. The number of hydrogen-bond donors (Lipinski definition) is 1. The van der Waals surface area contributed by atoms with Crippen LogP contribution in [-0.4, -0.2) is 33.0 Å². The summed E-state index contributed by atoms with van der Waals surface area (Å²) in [6, 6.07) is 1.15. The van der Waals surface area contributed by atoms with E-state index in [2.05, 4.69) is 23.7 Å². The van der Waals surface area contributed by atoms with Crippen LogP contribution in [0.3, 0.4) is 0 Å². The van der Waals surface area contributed by atoms with Crippen molar-refractivity contribution in [3.8, 4) is 0 Å². The van der Waals surface area contributed by atoms with Crippen molar-refractivity contribution >= 4 is 17.3 Å². The summed E-state index contributed by atoms with van der Waals surface area (Å²) in [5.74, 6) is -0.800. The first-order chi connectivity index (χ1) is 8.97. The summed E-state index contributed by atoms with van der Waals surface area (Å²) in [6.07, 6.45) is 3.80. The summed E-state index contributed by atoms with van der Waals surface area (Å²) in [5, 5.41) is 9.92. The Morgan fingerprint density at radius 2 is 2.05 bits per heavy atom. The molecule has 1 aliphatic rings. The molecule has 0 radical (unpaired) electrons. The Kier molecular flexibility index (Phi) is 4.58. The lowest BCUT2D eigenvalue weighted by molar-refractivity contribution is -0.136. The summed E-state index contributed by atoms with van der Waals surface area (Å²) in [5.41, 5.74) is 0.750. The molecule has 0 saturated carbocycles. The molecule has 1 saturated heterocycles. The second-order valence-electron chi connectivity index (χ2n) is 5.47. The zero-order chi connectivity index (χ0) is 14.0. The minimum Gasteiger partial charge on any atom is -0.481 e. The Labute approximate surface area is 118 Å². The number of rotatable bonds is 4. The van der Waals surface area contributed by atoms with Gasteiger partial charge in [0.15, 0.2) is 0 Å². The van der Waals surface area contributed by atoms with Crippen LogP contribution in [0.4, 0.5) is 0 Å². The van der Waals surface area contributed by atoms with E-state index in [1.54, 1.807) is 11.3 Å². The molecule has 19 heavy (non-hydrogen) atoms. The number of carboxylic acids is 1. The monoisotopic (exact) mass is 282 g/mol. The lowest BCUT2D eigenvalue weighted by Crippen LogP contribution is -2.42. The fraction of sp³-hybridized carbons (Fsp3) is 0.714. The van der Waals surface area contributed by atoms with Crippen LogP contribution < -0.4 is 0 Å². The predicted octanol–water partition coefficient (Wildman–Crippen LogP) is 2.84. The molecule has 1 N–H and O–H groups in total. The van der Waals surface area contributed by atoms with Gasteiger partial charge in [-0.15, -0.1) is 11.3 Å². The third-order valence-electron chi connectivity index (χ3n) is 3.91. The fourth-order valence-corrected chi connectivity index (χ4v) is 3.83. The van der Waals surface area contributed by atoms with Crippen LogP contribution in [0.25, 0.3) is 0 Å². The molecule has 0 aliphatic carbocycles. The molecule has 2 rings (SSSR count). The van der Waals surface area contributed by atoms with E-state index in [9.17, 15) is 4.79 Å². The van der Waals surface area contributed by atoms with Gasteiger partial charge in [0.2, 0.25) is 0 Å². The zero-order valence-corrected chi connectivity index (χ0v) is 12.7. The Bertz CT molecular complexity index is 448. The van der Waals surface area contributed by atoms with Gasteiger partial charge >= 0.3 is 5.97 Å². The van der Waals surface area contributed by atoms with E-state index in [0.29, 0.717) is 12.1 Å². The van der Waals surface area contributed by atoms with Crippen LogP contribution in [0.2, 0.25) is 0 Å². The van der Waals surface area contributed by atoms with Crippen LogP contribution in [0.5, 0.6) is 0 Å².